The van der Waals surface area contributed by atoms with Gasteiger partial charge in [0, 0.05) is 32.8 Å². The molecule has 4 aromatic rings. The van der Waals surface area contributed by atoms with Crippen LogP contribution in [-0.2, 0) is 20.9 Å². The molecule has 37 heavy (non-hydrogen) atoms. The van der Waals surface area contributed by atoms with Crippen LogP contribution in [0, 0.1) is 6.92 Å². The van der Waals surface area contributed by atoms with Crippen LogP contribution in [0.3, 0.4) is 0 Å². The number of halogens is 1. The van der Waals surface area contributed by atoms with Crippen LogP contribution < -0.4 is 15.5 Å². The number of urea groups is 1. The molecule has 0 saturated carbocycles. The number of nitrogens with zero attached hydrogens (tertiary/aromatic N) is 2. The summed E-state index contributed by atoms with van der Waals surface area (Å²) >= 11 is 3.33. The Morgan fingerprint density at radius 2 is 1.68 bits per heavy atom. The lowest BCUT2D eigenvalue weighted by Gasteiger charge is -2.26. The second kappa shape index (κ2) is 9.87. The first kappa shape index (κ1) is 24.2. The van der Waals surface area contributed by atoms with Gasteiger partial charge in [-0.05, 0) is 55.5 Å². The van der Waals surface area contributed by atoms with Gasteiger partial charge in [-0.2, -0.15) is 0 Å². The average molecular weight is 557 g/mol. The summed E-state index contributed by atoms with van der Waals surface area (Å²) in [5, 5.41) is 5.87. The number of nitrogens with one attached hydrogen (secondary N) is 2. The van der Waals surface area contributed by atoms with Crippen molar-refractivity contribution >= 4 is 68.0 Å². The van der Waals surface area contributed by atoms with E-state index in [-0.39, 0.29) is 18.0 Å². The Balaban J connectivity index is 1.47. The van der Waals surface area contributed by atoms with Gasteiger partial charge >= 0.3 is 6.03 Å². The summed E-state index contributed by atoms with van der Waals surface area (Å²) < 4.78 is 2.54. The van der Waals surface area contributed by atoms with Gasteiger partial charge in [-0.15, -0.1) is 0 Å². The quantitative estimate of drug-likeness (QED) is 0.266. The third-order valence-electron chi connectivity index (χ3n) is 5.96. The number of fused-ring (bicyclic) bond motifs is 1. The van der Waals surface area contributed by atoms with E-state index in [1.165, 1.54) is 6.08 Å². The Kier molecular flexibility index (Phi) is 6.45. The van der Waals surface area contributed by atoms with Crippen LogP contribution in [0.25, 0.3) is 17.0 Å². The van der Waals surface area contributed by atoms with Gasteiger partial charge in [0.05, 0.1) is 5.69 Å². The molecule has 5 amide bonds. The number of aryl methyl sites for hydroxylation is 1. The highest BCUT2D eigenvalue weighted by Gasteiger charge is 2.37. The predicted molar refractivity (Wildman–Crippen MR) is 145 cm³/mol. The Bertz CT molecular complexity index is 1590. The lowest BCUT2D eigenvalue weighted by atomic mass is 10.1. The molecule has 2 heterocycles. The largest absolute Gasteiger partial charge is 0.337 e. The van der Waals surface area contributed by atoms with Gasteiger partial charge in [0.15, 0.2) is 0 Å². The number of imide groups is 2. The van der Waals surface area contributed by atoms with Gasteiger partial charge in [0.25, 0.3) is 11.8 Å². The topological polar surface area (TPSA) is 101 Å². The van der Waals surface area contributed by atoms with E-state index in [1.807, 2.05) is 55.5 Å². The van der Waals surface area contributed by atoms with E-state index in [1.54, 1.807) is 35.0 Å². The van der Waals surface area contributed by atoms with Gasteiger partial charge in [0.1, 0.15) is 12.1 Å². The molecule has 1 fully saturated rings. The number of aromatic nitrogens is 1. The zero-order valence-corrected chi connectivity index (χ0v) is 21.3. The summed E-state index contributed by atoms with van der Waals surface area (Å²) in [6.45, 7) is 2.00. The number of amides is 5. The van der Waals surface area contributed by atoms with Gasteiger partial charge in [-0.3, -0.25) is 19.7 Å². The average Bonchev–Trinajstić information content (AvgIpc) is 3.21. The summed E-state index contributed by atoms with van der Waals surface area (Å²) in [4.78, 5) is 52.1. The second-order valence-electron chi connectivity index (χ2n) is 8.58. The van der Waals surface area contributed by atoms with Crippen molar-refractivity contribution in [3.05, 3.63) is 100 Å². The van der Waals surface area contributed by atoms with E-state index in [0.717, 1.165) is 25.8 Å². The highest BCUT2D eigenvalue weighted by molar-refractivity contribution is 9.10. The van der Waals surface area contributed by atoms with Crippen molar-refractivity contribution in [3.63, 3.8) is 0 Å². The van der Waals surface area contributed by atoms with E-state index in [9.17, 15) is 19.2 Å². The number of hydrogen-bond donors (Lipinski definition) is 2. The van der Waals surface area contributed by atoms with E-state index in [0.29, 0.717) is 16.9 Å². The van der Waals surface area contributed by atoms with Crippen LogP contribution in [0.15, 0.2) is 89.0 Å². The Morgan fingerprint density at radius 3 is 2.41 bits per heavy atom. The number of rotatable bonds is 5. The van der Waals surface area contributed by atoms with Crippen molar-refractivity contribution in [1.82, 2.24) is 9.88 Å². The third kappa shape index (κ3) is 4.94. The normalized spacial score (nSPS) is 14.8. The maximum atomic E-state index is 13.3. The van der Waals surface area contributed by atoms with Crippen LogP contribution in [-0.4, -0.2) is 28.3 Å². The fraction of sp³-hybridized carbons (Fsp3) is 0.0714. The van der Waals surface area contributed by atoms with Crippen LogP contribution in [0.2, 0.25) is 0 Å². The van der Waals surface area contributed by atoms with Crippen LogP contribution >= 0.6 is 15.9 Å². The van der Waals surface area contributed by atoms with Crippen molar-refractivity contribution in [2.45, 2.75) is 13.5 Å². The predicted octanol–water partition coefficient (Wildman–Crippen LogP) is 5.02. The molecule has 0 unspecified atom stereocenters. The molecule has 5 rings (SSSR count). The lowest BCUT2D eigenvalue weighted by Crippen LogP contribution is -2.54. The zero-order valence-electron chi connectivity index (χ0n) is 19.7. The lowest BCUT2D eigenvalue weighted by molar-refractivity contribution is -0.122. The van der Waals surface area contributed by atoms with Crippen molar-refractivity contribution in [3.8, 4) is 0 Å². The number of barbiturate groups is 1. The Hall–Kier alpha value is -4.50. The first-order chi connectivity index (χ1) is 17.8. The summed E-state index contributed by atoms with van der Waals surface area (Å²) in [6.07, 6.45) is 3.17. The van der Waals surface area contributed by atoms with Crippen LogP contribution in [0.1, 0.15) is 11.1 Å². The molecule has 1 saturated heterocycles. The smallest absolute Gasteiger partial charge is 0.335 e. The Labute approximate surface area is 220 Å². The van der Waals surface area contributed by atoms with Crippen LogP contribution in [0.4, 0.5) is 16.2 Å². The molecule has 2 N–H and O–H groups in total. The summed E-state index contributed by atoms with van der Waals surface area (Å²) in [5.74, 6) is -1.73. The number of para-hydroxylation sites is 1. The zero-order chi connectivity index (χ0) is 26.1. The number of carbonyl (C=O) groups is 4. The minimum atomic E-state index is -0.815. The molecule has 0 atom stereocenters. The Morgan fingerprint density at radius 1 is 0.973 bits per heavy atom. The molecular formula is C28H21BrN4O4. The van der Waals surface area contributed by atoms with Crippen LogP contribution in [0.5, 0.6) is 0 Å². The van der Waals surface area contributed by atoms with Gasteiger partial charge in [-0.25, -0.2) is 9.69 Å². The van der Waals surface area contributed by atoms with Crippen molar-refractivity contribution < 1.29 is 19.2 Å². The molecule has 1 aliphatic heterocycles. The first-order valence-electron chi connectivity index (χ1n) is 11.4. The maximum absolute atomic E-state index is 13.3. The van der Waals surface area contributed by atoms with E-state index < -0.39 is 17.8 Å². The summed E-state index contributed by atoms with van der Waals surface area (Å²) in [7, 11) is 0. The number of hydrogen-bond acceptors (Lipinski definition) is 4. The molecule has 3 aromatic carbocycles. The van der Waals surface area contributed by atoms with E-state index >= 15 is 0 Å². The van der Waals surface area contributed by atoms with Gasteiger partial charge < -0.3 is 9.88 Å². The van der Waals surface area contributed by atoms with E-state index in [2.05, 4.69) is 26.6 Å². The first-order valence-corrected chi connectivity index (χ1v) is 12.2. The molecule has 0 aliphatic carbocycles. The van der Waals surface area contributed by atoms with Crippen molar-refractivity contribution in [1.29, 1.82) is 0 Å². The molecule has 1 aliphatic rings. The van der Waals surface area contributed by atoms with Crippen molar-refractivity contribution in [2.75, 3.05) is 10.2 Å². The standard InChI is InChI=1S/C28H21BrN4O4/c1-17-6-10-20(11-7-17)30-25(34)16-32-15-18(22-4-2-3-5-24(22)32)14-23-26(35)31-28(37)33(27(23)36)21-12-8-19(29)9-13-21/h2-15H,16H2,1H3,(H,30,34)(H,31,35,37)/b23-14+. The highest BCUT2D eigenvalue weighted by atomic mass is 79.9. The van der Waals surface area contributed by atoms with Gasteiger partial charge in [-0.1, -0.05) is 51.8 Å². The molecule has 1 aromatic heterocycles. The van der Waals surface area contributed by atoms with Gasteiger partial charge in [0.2, 0.25) is 5.91 Å². The number of carbonyl (C=O) groups excluding carboxylic acids is 4. The number of anilines is 2. The molecule has 0 radical (unpaired) electrons. The molecule has 9 heteroatoms. The number of benzene rings is 3. The molecule has 0 spiro atoms. The minimum Gasteiger partial charge on any atom is -0.337 e. The maximum Gasteiger partial charge on any atom is 0.335 e. The minimum absolute atomic E-state index is 0.0290. The molecule has 8 nitrogen and oxygen atoms in total. The molecule has 0 bridgehead atoms. The highest BCUT2D eigenvalue weighted by Crippen LogP contribution is 2.27. The van der Waals surface area contributed by atoms with Crippen molar-refractivity contribution in [2.24, 2.45) is 0 Å². The summed E-state index contributed by atoms with van der Waals surface area (Å²) in [6, 6.07) is 20.7. The molecule has 184 valence electrons. The monoisotopic (exact) mass is 556 g/mol. The second-order valence-corrected chi connectivity index (χ2v) is 9.49. The summed E-state index contributed by atoms with van der Waals surface area (Å²) in [5.41, 5.74) is 3.26. The third-order valence-corrected chi connectivity index (χ3v) is 6.48. The fourth-order valence-corrected chi connectivity index (χ4v) is 4.42. The fourth-order valence-electron chi connectivity index (χ4n) is 4.15. The SMILES string of the molecule is Cc1ccc(NC(=O)Cn2cc(/C=C3\C(=O)NC(=O)N(c4ccc(Br)cc4)C3=O)c3ccccc32)cc1. The van der Waals surface area contributed by atoms with E-state index in [4.69, 9.17) is 0 Å². The molecular weight excluding hydrogens is 536 g/mol.